The molecule has 0 aliphatic rings. The minimum absolute atomic E-state index is 0.765. The fraction of sp³-hybridized carbons (Fsp3) is 0.182. The second-order valence-corrected chi connectivity index (χ2v) is 4.25. The van der Waals surface area contributed by atoms with Gasteiger partial charge < -0.3 is 5.32 Å². The number of anilines is 1. The number of rotatable bonds is 3. The largest absolute Gasteiger partial charge is 0.379 e. The molecule has 15 heavy (non-hydrogen) atoms. The van der Waals surface area contributed by atoms with E-state index in [1.54, 1.807) is 6.20 Å². The molecular formula is C11H12BrN3. The van der Waals surface area contributed by atoms with Crippen molar-refractivity contribution in [3.63, 3.8) is 0 Å². The summed E-state index contributed by atoms with van der Waals surface area (Å²) in [6, 6.07) is 8.16. The monoisotopic (exact) mass is 265 g/mol. The predicted octanol–water partition coefficient (Wildman–Crippen LogP) is 3.09. The van der Waals surface area contributed by atoms with E-state index >= 15 is 0 Å². The summed E-state index contributed by atoms with van der Waals surface area (Å²) in [4.78, 5) is 0. The third-order valence-electron chi connectivity index (χ3n) is 2.20. The van der Waals surface area contributed by atoms with Crippen molar-refractivity contribution in [2.75, 3.05) is 5.32 Å². The van der Waals surface area contributed by atoms with Crippen LogP contribution in [0.3, 0.4) is 0 Å². The van der Waals surface area contributed by atoms with E-state index in [1.165, 1.54) is 5.56 Å². The van der Waals surface area contributed by atoms with Crippen LogP contribution in [0.5, 0.6) is 0 Å². The molecular weight excluding hydrogens is 254 g/mol. The molecule has 0 amide bonds. The van der Waals surface area contributed by atoms with Crippen LogP contribution >= 0.6 is 15.9 Å². The number of nitrogens with zero attached hydrogens (tertiary/aromatic N) is 1. The van der Waals surface area contributed by atoms with Crippen LogP contribution in [-0.2, 0) is 6.54 Å². The van der Waals surface area contributed by atoms with E-state index in [2.05, 4.69) is 44.4 Å². The molecule has 0 radical (unpaired) electrons. The molecule has 0 saturated heterocycles. The number of aromatic amines is 1. The van der Waals surface area contributed by atoms with E-state index in [0.717, 1.165) is 22.4 Å². The highest BCUT2D eigenvalue weighted by Crippen LogP contribution is 2.20. The van der Waals surface area contributed by atoms with Gasteiger partial charge in [0.2, 0.25) is 0 Å². The van der Waals surface area contributed by atoms with E-state index in [1.807, 2.05) is 18.2 Å². The van der Waals surface area contributed by atoms with Gasteiger partial charge in [-0.25, -0.2) is 0 Å². The highest BCUT2D eigenvalue weighted by atomic mass is 79.9. The lowest BCUT2D eigenvalue weighted by atomic mass is 10.2. The fourth-order valence-electron chi connectivity index (χ4n) is 1.34. The lowest BCUT2D eigenvalue weighted by molar-refractivity contribution is 0.981. The third-order valence-corrected chi connectivity index (χ3v) is 3.09. The van der Waals surface area contributed by atoms with Gasteiger partial charge in [-0.1, -0.05) is 15.9 Å². The Morgan fingerprint density at radius 3 is 2.93 bits per heavy atom. The van der Waals surface area contributed by atoms with Gasteiger partial charge in [0, 0.05) is 16.4 Å². The molecule has 0 fully saturated rings. The normalized spacial score (nSPS) is 10.3. The smallest absolute Gasteiger partial charge is 0.0567 e. The summed E-state index contributed by atoms with van der Waals surface area (Å²) >= 11 is 3.48. The van der Waals surface area contributed by atoms with Gasteiger partial charge in [0.15, 0.2) is 0 Å². The molecule has 0 unspecified atom stereocenters. The van der Waals surface area contributed by atoms with Crippen molar-refractivity contribution < 1.29 is 0 Å². The van der Waals surface area contributed by atoms with Gasteiger partial charge in [0.05, 0.1) is 12.2 Å². The lowest BCUT2D eigenvalue weighted by Gasteiger charge is -2.06. The van der Waals surface area contributed by atoms with Gasteiger partial charge in [-0.2, -0.15) is 5.10 Å². The van der Waals surface area contributed by atoms with Gasteiger partial charge >= 0.3 is 0 Å². The van der Waals surface area contributed by atoms with E-state index in [9.17, 15) is 0 Å². The Hall–Kier alpha value is -1.29. The summed E-state index contributed by atoms with van der Waals surface area (Å²) in [6.45, 7) is 2.84. The predicted molar refractivity (Wildman–Crippen MR) is 64.8 cm³/mol. The van der Waals surface area contributed by atoms with Gasteiger partial charge in [-0.3, -0.25) is 5.10 Å². The molecule has 2 N–H and O–H groups in total. The summed E-state index contributed by atoms with van der Waals surface area (Å²) in [7, 11) is 0. The topological polar surface area (TPSA) is 40.7 Å². The first-order chi connectivity index (χ1) is 7.25. The summed E-state index contributed by atoms with van der Waals surface area (Å²) < 4.78 is 1.13. The summed E-state index contributed by atoms with van der Waals surface area (Å²) in [5.74, 6) is 0. The highest BCUT2D eigenvalue weighted by Gasteiger charge is 1.97. The maximum absolute atomic E-state index is 3.89. The van der Waals surface area contributed by atoms with Crippen LogP contribution in [0.15, 0.2) is 34.9 Å². The van der Waals surface area contributed by atoms with E-state index in [4.69, 9.17) is 0 Å². The molecule has 2 aromatic rings. The Balaban J connectivity index is 2.02. The highest BCUT2D eigenvalue weighted by molar-refractivity contribution is 9.10. The zero-order valence-electron chi connectivity index (χ0n) is 8.42. The van der Waals surface area contributed by atoms with Gasteiger partial charge in [0.1, 0.15) is 0 Å². The van der Waals surface area contributed by atoms with Crippen molar-refractivity contribution in [3.05, 3.63) is 46.2 Å². The average molecular weight is 266 g/mol. The van der Waals surface area contributed by atoms with Crippen molar-refractivity contribution in [1.29, 1.82) is 0 Å². The number of halogens is 1. The Morgan fingerprint density at radius 1 is 1.40 bits per heavy atom. The number of hydrogen-bond donors (Lipinski definition) is 2. The van der Waals surface area contributed by atoms with Gasteiger partial charge in [0.25, 0.3) is 0 Å². The Morgan fingerprint density at radius 2 is 2.27 bits per heavy atom. The number of H-pyrrole nitrogens is 1. The molecule has 1 heterocycles. The quantitative estimate of drug-likeness (QED) is 0.896. The van der Waals surface area contributed by atoms with Gasteiger partial charge in [-0.15, -0.1) is 0 Å². The summed E-state index contributed by atoms with van der Waals surface area (Å²) in [6.07, 6.45) is 1.75. The molecule has 0 aliphatic heterocycles. The molecule has 0 atom stereocenters. The maximum atomic E-state index is 3.89. The van der Waals surface area contributed by atoms with Gasteiger partial charge in [-0.05, 0) is 36.8 Å². The molecule has 2 rings (SSSR count). The van der Waals surface area contributed by atoms with Crippen LogP contribution in [0.25, 0.3) is 0 Å². The van der Waals surface area contributed by atoms with E-state index in [-0.39, 0.29) is 0 Å². The average Bonchev–Trinajstić information content (AvgIpc) is 2.73. The molecule has 1 aromatic carbocycles. The first-order valence-corrected chi connectivity index (χ1v) is 5.53. The molecule has 78 valence electrons. The van der Waals surface area contributed by atoms with Crippen molar-refractivity contribution in [1.82, 2.24) is 10.2 Å². The van der Waals surface area contributed by atoms with Crippen molar-refractivity contribution in [3.8, 4) is 0 Å². The zero-order valence-corrected chi connectivity index (χ0v) is 10.0. The minimum atomic E-state index is 0.765. The molecule has 0 saturated carbocycles. The van der Waals surface area contributed by atoms with Crippen LogP contribution in [0.1, 0.15) is 11.3 Å². The molecule has 1 aromatic heterocycles. The SMILES string of the molecule is Cc1cc(NCc2ccn[nH]2)ccc1Br. The number of nitrogens with one attached hydrogen (secondary N) is 2. The Labute approximate surface area is 97.0 Å². The first-order valence-electron chi connectivity index (χ1n) is 4.74. The fourth-order valence-corrected chi connectivity index (χ4v) is 1.58. The number of aromatic nitrogens is 2. The number of benzene rings is 1. The van der Waals surface area contributed by atoms with Crippen LogP contribution in [0, 0.1) is 6.92 Å². The van der Waals surface area contributed by atoms with Crippen LogP contribution in [0.2, 0.25) is 0 Å². The van der Waals surface area contributed by atoms with E-state index in [0.29, 0.717) is 0 Å². The number of aryl methyl sites for hydroxylation is 1. The van der Waals surface area contributed by atoms with Crippen LogP contribution in [-0.4, -0.2) is 10.2 Å². The molecule has 0 aliphatic carbocycles. The standard InChI is InChI=1S/C11H12BrN3/c1-8-6-9(2-3-11(8)12)13-7-10-4-5-14-15-10/h2-6,13H,7H2,1H3,(H,14,15). The van der Waals surface area contributed by atoms with E-state index < -0.39 is 0 Å². The Kier molecular flexibility index (Phi) is 3.06. The molecule has 4 heteroatoms. The minimum Gasteiger partial charge on any atom is -0.379 e. The van der Waals surface area contributed by atoms with Crippen LogP contribution < -0.4 is 5.32 Å². The zero-order chi connectivity index (χ0) is 10.7. The summed E-state index contributed by atoms with van der Waals surface area (Å²) in [5.41, 5.74) is 3.42. The summed E-state index contributed by atoms with van der Waals surface area (Å²) in [5, 5.41) is 10.1. The number of hydrogen-bond acceptors (Lipinski definition) is 2. The molecule has 0 spiro atoms. The molecule has 3 nitrogen and oxygen atoms in total. The third kappa shape index (κ3) is 2.59. The first kappa shape index (κ1) is 10.2. The van der Waals surface area contributed by atoms with Crippen molar-refractivity contribution >= 4 is 21.6 Å². The second kappa shape index (κ2) is 4.49. The molecule has 0 bridgehead atoms. The maximum Gasteiger partial charge on any atom is 0.0567 e. The lowest BCUT2D eigenvalue weighted by Crippen LogP contribution is -1.99. The van der Waals surface area contributed by atoms with Crippen molar-refractivity contribution in [2.45, 2.75) is 13.5 Å². The van der Waals surface area contributed by atoms with Crippen LogP contribution in [0.4, 0.5) is 5.69 Å². The second-order valence-electron chi connectivity index (χ2n) is 3.40. The Bertz CT molecular complexity index is 437. The van der Waals surface area contributed by atoms with Crippen molar-refractivity contribution in [2.24, 2.45) is 0 Å².